The Morgan fingerprint density at radius 3 is 2.59 bits per heavy atom. The lowest BCUT2D eigenvalue weighted by atomic mass is 10.2. The smallest absolute Gasteiger partial charge is 0.319 e. The van der Waals surface area contributed by atoms with Gasteiger partial charge in [0.1, 0.15) is 17.7 Å². The molecular weight excluding hydrogens is 360 g/mol. The summed E-state index contributed by atoms with van der Waals surface area (Å²) in [5.74, 6) is -0.474. The van der Waals surface area contributed by atoms with Crippen LogP contribution in [0.2, 0.25) is 0 Å². The summed E-state index contributed by atoms with van der Waals surface area (Å²) in [5.41, 5.74) is -1.24. The van der Waals surface area contributed by atoms with Gasteiger partial charge in [0.05, 0.1) is 27.8 Å². The molecule has 0 radical (unpaired) electrons. The highest BCUT2D eigenvalue weighted by Crippen LogP contribution is 2.30. The first-order valence-electron chi connectivity index (χ1n) is 7.30. The molecule has 0 aliphatic rings. The molecule has 2 N–H and O–H groups in total. The van der Waals surface area contributed by atoms with E-state index in [1.165, 1.54) is 24.5 Å². The number of amides is 1. The number of non-ortho nitro benzene ring substituents is 1. The number of aromatic amines is 1. The third-order valence-electron chi connectivity index (χ3n) is 3.27. The first kappa shape index (κ1) is 17.5. The first-order chi connectivity index (χ1) is 12.9. The summed E-state index contributed by atoms with van der Waals surface area (Å²) in [6.45, 7) is 0. The molecule has 12 heteroatoms. The van der Waals surface area contributed by atoms with Crippen molar-refractivity contribution < 1.29 is 19.4 Å². The average molecular weight is 370 g/mol. The van der Waals surface area contributed by atoms with Crippen molar-refractivity contribution in [2.75, 3.05) is 5.32 Å². The lowest BCUT2D eigenvalue weighted by Gasteiger charge is -2.08. The minimum Gasteiger partial charge on any atom is -0.455 e. The number of aromatic nitrogens is 3. The van der Waals surface area contributed by atoms with Gasteiger partial charge in [0.15, 0.2) is 0 Å². The second kappa shape index (κ2) is 7.26. The number of rotatable bonds is 6. The van der Waals surface area contributed by atoms with Gasteiger partial charge in [0, 0.05) is 18.3 Å². The Hall–Kier alpha value is -4.35. The van der Waals surface area contributed by atoms with Crippen LogP contribution in [0.25, 0.3) is 0 Å². The van der Waals surface area contributed by atoms with Crippen LogP contribution in [0.3, 0.4) is 0 Å². The second-order valence-electron chi connectivity index (χ2n) is 5.10. The number of pyridine rings is 1. The Labute approximate surface area is 150 Å². The van der Waals surface area contributed by atoms with Crippen molar-refractivity contribution in [2.45, 2.75) is 0 Å². The van der Waals surface area contributed by atoms with Crippen LogP contribution in [0.15, 0.2) is 48.9 Å². The van der Waals surface area contributed by atoms with Crippen LogP contribution in [0, 0.1) is 20.2 Å². The molecule has 0 unspecified atom stereocenters. The molecule has 2 aromatic heterocycles. The van der Waals surface area contributed by atoms with E-state index < -0.39 is 21.4 Å². The van der Waals surface area contributed by atoms with Crippen molar-refractivity contribution in [1.82, 2.24) is 15.2 Å². The number of benzene rings is 1. The Morgan fingerprint density at radius 2 is 1.93 bits per heavy atom. The van der Waals surface area contributed by atoms with Crippen LogP contribution in [-0.2, 0) is 0 Å². The fourth-order valence-electron chi connectivity index (χ4n) is 2.14. The fourth-order valence-corrected chi connectivity index (χ4v) is 2.14. The highest BCUT2D eigenvalue weighted by Gasteiger charge is 2.23. The summed E-state index contributed by atoms with van der Waals surface area (Å²) >= 11 is 0. The molecule has 0 aliphatic heterocycles. The van der Waals surface area contributed by atoms with E-state index in [9.17, 15) is 25.0 Å². The summed E-state index contributed by atoms with van der Waals surface area (Å²) < 4.78 is 5.50. The molecule has 12 nitrogen and oxygen atoms in total. The fraction of sp³-hybridized carbons (Fsp3) is 0. The molecule has 0 saturated heterocycles. The van der Waals surface area contributed by atoms with Gasteiger partial charge in [-0.1, -0.05) is 0 Å². The van der Waals surface area contributed by atoms with E-state index in [1.807, 2.05) is 0 Å². The second-order valence-corrected chi connectivity index (χ2v) is 5.10. The van der Waals surface area contributed by atoms with E-state index in [4.69, 9.17) is 4.74 Å². The first-order valence-corrected chi connectivity index (χ1v) is 7.30. The van der Waals surface area contributed by atoms with Gasteiger partial charge in [-0.25, -0.2) is 0 Å². The number of H-pyrrole nitrogens is 1. The largest absolute Gasteiger partial charge is 0.455 e. The number of carbonyl (C=O) groups excluding carboxylic acids is 1. The molecule has 3 aromatic rings. The number of ether oxygens (including phenoxy) is 1. The molecule has 0 bridgehead atoms. The molecule has 1 aromatic carbocycles. The van der Waals surface area contributed by atoms with Crippen molar-refractivity contribution in [1.29, 1.82) is 0 Å². The van der Waals surface area contributed by atoms with Crippen LogP contribution in [-0.4, -0.2) is 30.9 Å². The van der Waals surface area contributed by atoms with Crippen LogP contribution in [0.1, 0.15) is 10.5 Å². The summed E-state index contributed by atoms with van der Waals surface area (Å²) in [5, 5.41) is 30.1. The SMILES string of the molecule is O=C(Nc1cc(Oc2cccnc2)cc([N+](=O)[O-])c1)c1[nH]ncc1[N+](=O)[O-]. The lowest BCUT2D eigenvalue weighted by Crippen LogP contribution is -2.14. The maximum atomic E-state index is 12.2. The molecule has 2 heterocycles. The number of nitro benzene ring substituents is 1. The third kappa shape index (κ3) is 4.01. The Kier molecular flexibility index (Phi) is 4.70. The standard InChI is InChI=1S/C15H10N6O6/c22-15(14-13(21(25)26)8-17-19-14)18-9-4-10(20(23)24)6-12(5-9)27-11-2-1-3-16-7-11/h1-8H,(H,17,19)(H,18,22). The van der Waals surface area contributed by atoms with Gasteiger partial charge in [0.25, 0.3) is 11.6 Å². The Balaban J connectivity index is 1.90. The summed E-state index contributed by atoms with van der Waals surface area (Å²) in [7, 11) is 0. The normalized spacial score (nSPS) is 10.2. The van der Waals surface area contributed by atoms with Gasteiger partial charge in [-0.05, 0) is 12.1 Å². The van der Waals surface area contributed by atoms with E-state index in [2.05, 4.69) is 20.5 Å². The number of nitrogens with one attached hydrogen (secondary N) is 2. The van der Waals surface area contributed by atoms with Crippen molar-refractivity contribution in [3.05, 3.63) is 74.8 Å². The number of nitrogens with zero attached hydrogens (tertiary/aromatic N) is 4. The number of nitro groups is 2. The van der Waals surface area contributed by atoms with Crippen LogP contribution < -0.4 is 10.1 Å². The monoisotopic (exact) mass is 370 g/mol. The van der Waals surface area contributed by atoms with E-state index in [-0.39, 0.29) is 22.8 Å². The van der Waals surface area contributed by atoms with E-state index >= 15 is 0 Å². The summed E-state index contributed by atoms with van der Waals surface area (Å²) in [6.07, 6.45) is 3.83. The Bertz CT molecular complexity index is 1020. The molecule has 136 valence electrons. The highest BCUT2D eigenvalue weighted by atomic mass is 16.6. The van der Waals surface area contributed by atoms with Crippen LogP contribution in [0.4, 0.5) is 17.1 Å². The number of hydrogen-bond donors (Lipinski definition) is 2. The van der Waals surface area contributed by atoms with Crippen molar-refractivity contribution >= 4 is 23.0 Å². The van der Waals surface area contributed by atoms with Gasteiger partial charge < -0.3 is 10.1 Å². The maximum Gasteiger partial charge on any atom is 0.319 e. The molecule has 27 heavy (non-hydrogen) atoms. The predicted molar refractivity (Wildman–Crippen MR) is 90.6 cm³/mol. The zero-order chi connectivity index (χ0) is 19.4. The zero-order valence-corrected chi connectivity index (χ0v) is 13.4. The maximum absolute atomic E-state index is 12.2. The molecule has 0 spiro atoms. The van der Waals surface area contributed by atoms with Crippen molar-refractivity contribution in [2.24, 2.45) is 0 Å². The number of carbonyl (C=O) groups is 1. The topological polar surface area (TPSA) is 166 Å². The molecule has 1 amide bonds. The quantitative estimate of drug-likeness (QED) is 0.493. The number of hydrogen-bond acceptors (Lipinski definition) is 8. The molecular formula is C15H10N6O6. The Morgan fingerprint density at radius 1 is 1.11 bits per heavy atom. The highest BCUT2D eigenvalue weighted by molar-refractivity contribution is 6.05. The zero-order valence-electron chi connectivity index (χ0n) is 13.4. The van der Waals surface area contributed by atoms with Gasteiger partial charge in [0.2, 0.25) is 5.69 Å². The van der Waals surface area contributed by atoms with Crippen molar-refractivity contribution in [3.63, 3.8) is 0 Å². The van der Waals surface area contributed by atoms with Gasteiger partial charge >= 0.3 is 5.69 Å². The van der Waals surface area contributed by atoms with Crippen LogP contribution >= 0.6 is 0 Å². The summed E-state index contributed by atoms with van der Waals surface area (Å²) in [4.78, 5) is 36.7. The lowest BCUT2D eigenvalue weighted by molar-refractivity contribution is -0.385. The molecule has 0 aliphatic carbocycles. The van der Waals surface area contributed by atoms with Gasteiger partial charge in [-0.2, -0.15) is 5.10 Å². The summed E-state index contributed by atoms with van der Waals surface area (Å²) in [6, 6.07) is 6.81. The molecule has 0 fully saturated rings. The van der Waals surface area contributed by atoms with Crippen molar-refractivity contribution in [3.8, 4) is 11.5 Å². The van der Waals surface area contributed by atoms with E-state index in [0.717, 1.165) is 12.3 Å². The van der Waals surface area contributed by atoms with E-state index in [0.29, 0.717) is 5.75 Å². The van der Waals surface area contributed by atoms with Gasteiger partial charge in [-0.3, -0.25) is 35.1 Å². The van der Waals surface area contributed by atoms with Crippen LogP contribution in [0.5, 0.6) is 11.5 Å². The minimum absolute atomic E-state index is 0.0111. The molecule has 0 atom stereocenters. The number of anilines is 1. The predicted octanol–water partition coefficient (Wildman–Crippen LogP) is 2.67. The minimum atomic E-state index is -0.882. The molecule has 3 rings (SSSR count). The van der Waals surface area contributed by atoms with E-state index in [1.54, 1.807) is 12.1 Å². The average Bonchev–Trinajstić information content (AvgIpc) is 3.12. The third-order valence-corrected chi connectivity index (χ3v) is 3.27. The molecule has 0 saturated carbocycles. The van der Waals surface area contributed by atoms with Gasteiger partial charge in [-0.15, -0.1) is 0 Å².